The zero-order valence-electron chi connectivity index (χ0n) is 9.70. The number of nitrogens with zero attached hydrogens (tertiary/aromatic N) is 3. The second-order valence-electron chi connectivity index (χ2n) is 3.97. The third-order valence-corrected chi connectivity index (χ3v) is 3.01. The third-order valence-electron chi connectivity index (χ3n) is 2.77. The first-order valence-corrected chi connectivity index (χ1v) is 6.18. The largest absolute Gasteiger partial charge is 0.312 e. The van der Waals surface area contributed by atoms with E-state index in [1.165, 1.54) is 0 Å². The number of hydrogen-bond donors (Lipinski definition) is 0. The van der Waals surface area contributed by atoms with Crippen LogP contribution < -0.4 is 0 Å². The molecule has 16 heavy (non-hydrogen) atoms. The van der Waals surface area contributed by atoms with Crippen LogP contribution >= 0.6 is 11.6 Å². The van der Waals surface area contributed by atoms with Crippen molar-refractivity contribution in [1.82, 2.24) is 14.5 Å². The van der Waals surface area contributed by atoms with Gasteiger partial charge < -0.3 is 4.57 Å². The fraction of sp³-hybridized carbons (Fsp3) is 0.500. The van der Waals surface area contributed by atoms with Crippen LogP contribution in [0.2, 0.25) is 0 Å². The van der Waals surface area contributed by atoms with Gasteiger partial charge >= 0.3 is 0 Å². The molecule has 4 heteroatoms. The highest BCUT2D eigenvalue weighted by Gasteiger charge is 2.11. The lowest BCUT2D eigenvalue weighted by atomic mass is 10.3. The van der Waals surface area contributed by atoms with E-state index in [4.69, 9.17) is 11.6 Å². The van der Waals surface area contributed by atoms with Gasteiger partial charge in [0.05, 0.1) is 5.88 Å². The molecule has 0 aromatic carbocycles. The van der Waals surface area contributed by atoms with Gasteiger partial charge in [0.15, 0.2) is 5.65 Å². The van der Waals surface area contributed by atoms with Crippen LogP contribution in [0.5, 0.6) is 0 Å². The lowest BCUT2D eigenvalue weighted by Crippen LogP contribution is -2.03. The summed E-state index contributed by atoms with van der Waals surface area (Å²) < 4.78 is 2.14. The quantitative estimate of drug-likeness (QED) is 0.764. The first-order valence-electron chi connectivity index (χ1n) is 5.64. The minimum absolute atomic E-state index is 0.444. The zero-order chi connectivity index (χ0) is 11.5. The van der Waals surface area contributed by atoms with Crippen molar-refractivity contribution in [1.29, 1.82) is 0 Å². The number of imidazole rings is 1. The van der Waals surface area contributed by atoms with E-state index in [0.29, 0.717) is 5.88 Å². The summed E-state index contributed by atoms with van der Waals surface area (Å²) in [5, 5.41) is 0. The summed E-state index contributed by atoms with van der Waals surface area (Å²) in [6.07, 6.45) is 4.12. The van der Waals surface area contributed by atoms with Crippen molar-refractivity contribution >= 4 is 22.8 Å². The molecule has 86 valence electrons. The molecule has 0 amide bonds. The molecule has 0 radical (unpaired) electrons. The normalized spacial score (nSPS) is 11.2. The lowest BCUT2D eigenvalue weighted by Gasteiger charge is -2.05. The van der Waals surface area contributed by atoms with E-state index in [9.17, 15) is 0 Å². The SMILES string of the molecule is CCCCn1c(CCl)nc2c(C)ccnc21. The molecular weight excluding hydrogens is 222 g/mol. The Labute approximate surface area is 100 Å². The van der Waals surface area contributed by atoms with Crippen LogP contribution in [0.15, 0.2) is 12.3 Å². The molecule has 2 rings (SSSR count). The van der Waals surface area contributed by atoms with Crippen molar-refractivity contribution in [2.24, 2.45) is 0 Å². The molecule has 0 saturated heterocycles. The zero-order valence-corrected chi connectivity index (χ0v) is 10.5. The maximum atomic E-state index is 5.92. The van der Waals surface area contributed by atoms with Gasteiger partial charge in [-0.25, -0.2) is 9.97 Å². The summed E-state index contributed by atoms with van der Waals surface area (Å²) in [5.41, 5.74) is 3.10. The number of halogens is 1. The summed E-state index contributed by atoms with van der Waals surface area (Å²) in [7, 11) is 0. The molecule has 0 spiro atoms. The monoisotopic (exact) mass is 237 g/mol. The van der Waals surface area contributed by atoms with Crippen LogP contribution in [0.1, 0.15) is 31.2 Å². The van der Waals surface area contributed by atoms with Gasteiger partial charge in [-0.3, -0.25) is 0 Å². The van der Waals surface area contributed by atoms with Gasteiger partial charge in [-0.2, -0.15) is 0 Å². The molecule has 3 nitrogen and oxygen atoms in total. The first kappa shape index (κ1) is 11.4. The summed E-state index contributed by atoms with van der Waals surface area (Å²) in [5.74, 6) is 1.37. The number of rotatable bonds is 4. The number of pyridine rings is 1. The fourth-order valence-corrected chi connectivity index (χ4v) is 2.04. The van der Waals surface area contributed by atoms with E-state index in [-0.39, 0.29) is 0 Å². The Kier molecular flexibility index (Phi) is 3.44. The van der Waals surface area contributed by atoms with E-state index in [0.717, 1.165) is 41.9 Å². The van der Waals surface area contributed by atoms with Gasteiger partial charge in [-0.15, -0.1) is 11.6 Å². The van der Waals surface area contributed by atoms with Crippen LogP contribution in [-0.4, -0.2) is 14.5 Å². The average Bonchev–Trinajstić information content (AvgIpc) is 2.66. The Balaban J connectivity index is 2.54. The summed E-state index contributed by atoms with van der Waals surface area (Å²) in [6, 6.07) is 1.98. The molecular formula is C12H16ClN3. The Morgan fingerprint density at radius 1 is 1.44 bits per heavy atom. The maximum absolute atomic E-state index is 5.92. The molecule has 0 unspecified atom stereocenters. The molecule has 0 aliphatic heterocycles. The second-order valence-corrected chi connectivity index (χ2v) is 4.23. The molecule has 0 saturated carbocycles. The van der Waals surface area contributed by atoms with E-state index in [1.54, 1.807) is 0 Å². The number of hydrogen-bond acceptors (Lipinski definition) is 2. The van der Waals surface area contributed by atoms with Gasteiger partial charge in [0.1, 0.15) is 11.3 Å². The molecule has 0 atom stereocenters. The number of alkyl halides is 1. The number of fused-ring (bicyclic) bond motifs is 1. The summed E-state index contributed by atoms with van der Waals surface area (Å²) >= 11 is 5.92. The fourth-order valence-electron chi connectivity index (χ4n) is 1.84. The van der Waals surface area contributed by atoms with Crippen molar-refractivity contribution < 1.29 is 0 Å². The third kappa shape index (κ3) is 1.92. The van der Waals surface area contributed by atoms with Crippen molar-refractivity contribution in [3.05, 3.63) is 23.7 Å². The van der Waals surface area contributed by atoms with Crippen LogP contribution in [0.25, 0.3) is 11.2 Å². The standard InChI is InChI=1S/C12H16ClN3/c1-3-4-7-16-10(8-13)15-11-9(2)5-6-14-12(11)16/h5-6H,3-4,7-8H2,1-2H3. The van der Waals surface area contributed by atoms with E-state index < -0.39 is 0 Å². The lowest BCUT2D eigenvalue weighted by molar-refractivity contribution is 0.624. The minimum atomic E-state index is 0.444. The molecule has 2 aromatic heterocycles. The Bertz CT molecular complexity index is 490. The highest BCUT2D eigenvalue weighted by Crippen LogP contribution is 2.19. The van der Waals surface area contributed by atoms with E-state index in [1.807, 2.05) is 12.3 Å². The molecule has 2 aromatic rings. The summed E-state index contributed by atoms with van der Waals surface area (Å²) in [6.45, 7) is 5.18. The molecule has 0 N–H and O–H groups in total. The van der Waals surface area contributed by atoms with Crippen molar-refractivity contribution in [3.63, 3.8) is 0 Å². The van der Waals surface area contributed by atoms with Crippen LogP contribution in [0, 0.1) is 6.92 Å². The Morgan fingerprint density at radius 2 is 2.25 bits per heavy atom. The van der Waals surface area contributed by atoms with E-state index >= 15 is 0 Å². The number of aromatic nitrogens is 3. The van der Waals surface area contributed by atoms with E-state index in [2.05, 4.69) is 28.4 Å². The molecule has 0 aliphatic rings. The highest BCUT2D eigenvalue weighted by atomic mass is 35.5. The van der Waals surface area contributed by atoms with Crippen LogP contribution in [0.3, 0.4) is 0 Å². The smallest absolute Gasteiger partial charge is 0.160 e. The highest BCUT2D eigenvalue weighted by molar-refractivity contribution is 6.16. The average molecular weight is 238 g/mol. The minimum Gasteiger partial charge on any atom is -0.312 e. The van der Waals surface area contributed by atoms with Crippen LogP contribution in [0.4, 0.5) is 0 Å². The molecule has 2 heterocycles. The first-order chi connectivity index (χ1) is 7.77. The van der Waals surface area contributed by atoms with Crippen LogP contribution in [-0.2, 0) is 12.4 Å². The Hall–Kier alpha value is -1.09. The molecule has 0 aliphatic carbocycles. The molecule has 0 fully saturated rings. The number of aryl methyl sites for hydroxylation is 2. The van der Waals surface area contributed by atoms with Crippen molar-refractivity contribution in [2.45, 2.75) is 39.1 Å². The maximum Gasteiger partial charge on any atom is 0.160 e. The Morgan fingerprint density at radius 3 is 2.94 bits per heavy atom. The van der Waals surface area contributed by atoms with Crippen molar-refractivity contribution in [3.8, 4) is 0 Å². The predicted octanol–water partition coefficient (Wildman–Crippen LogP) is 3.28. The summed E-state index contributed by atoms with van der Waals surface area (Å²) in [4.78, 5) is 8.96. The second kappa shape index (κ2) is 4.83. The van der Waals surface area contributed by atoms with Gasteiger partial charge in [-0.1, -0.05) is 13.3 Å². The predicted molar refractivity (Wildman–Crippen MR) is 66.7 cm³/mol. The van der Waals surface area contributed by atoms with Crippen molar-refractivity contribution in [2.75, 3.05) is 0 Å². The topological polar surface area (TPSA) is 30.7 Å². The van der Waals surface area contributed by atoms with Gasteiger partial charge in [0.25, 0.3) is 0 Å². The molecule has 0 bridgehead atoms. The van der Waals surface area contributed by atoms with Gasteiger partial charge in [-0.05, 0) is 25.0 Å². The van der Waals surface area contributed by atoms with Gasteiger partial charge in [0.2, 0.25) is 0 Å². The van der Waals surface area contributed by atoms with Gasteiger partial charge in [0, 0.05) is 12.7 Å². The number of unbranched alkanes of at least 4 members (excludes halogenated alkanes) is 1.